The van der Waals surface area contributed by atoms with Gasteiger partial charge in [0, 0.05) is 24.2 Å². The van der Waals surface area contributed by atoms with E-state index in [9.17, 15) is 18.0 Å². The van der Waals surface area contributed by atoms with Crippen LogP contribution in [-0.4, -0.2) is 17.6 Å². The minimum Gasteiger partial charge on any atom is -0.444 e. The Morgan fingerprint density at radius 3 is 2.61 bits per heavy atom. The smallest absolute Gasteiger partial charge is 0.416 e. The maximum atomic E-state index is 12.7. The molecule has 2 aromatic carbocycles. The number of hydrogen-bond donors (Lipinski definition) is 2. The second-order valence-electron chi connectivity index (χ2n) is 6.22. The van der Waals surface area contributed by atoms with Crippen molar-refractivity contribution in [2.24, 2.45) is 0 Å². The molecular formula is C20H18F3N3O2. The fourth-order valence-electron chi connectivity index (χ4n) is 2.50. The largest absolute Gasteiger partial charge is 0.444 e. The molecule has 0 spiro atoms. The third kappa shape index (κ3) is 5.12. The molecule has 3 aromatic rings. The third-order valence-electron chi connectivity index (χ3n) is 3.96. The Morgan fingerprint density at radius 1 is 1.14 bits per heavy atom. The van der Waals surface area contributed by atoms with Gasteiger partial charge in [0.25, 0.3) is 0 Å². The van der Waals surface area contributed by atoms with Gasteiger partial charge in [0.15, 0.2) is 0 Å². The van der Waals surface area contributed by atoms with E-state index >= 15 is 0 Å². The van der Waals surface area contributed by atoms with Crippen molar-refractivity contribution < 1.29 is 22.4 Å². The Labute approximate surface area is 159 Å². The lowest BCUT2D eigenvalue weighted by Crippen LogP contribution is -2.30. The molecule has 146 valence electrons. The average Bonchev–Trinajstić information content (AvgIpc) is 3.11. The van der Waals surface area contributed by atoms with Crippen LogP contribution in [0.15, 0.2) is 59.2 Å². The molecule has 0 fully saturated rings. The minimum absolute atomic E-state index is 0.0652. The molecule has 0 radical (unpaired) electrons. The van der Waals surface area contributed by atoms with Crippen LogP contribution >= 0.6 is 0 Å². The highest BCUT2D eigenvalue weighted by Crippen LogP contribution is 2.30. The van der Waals surface area contributed by atoms with E-state index in [0.29, 0.717) is 18.0 Å². The van der Waals surface area contributed by atoms with E-state index in [2.05, 4.69) is 15.6 Å². The zero-order valence-corrected chi connectivity index (χ0v) is 15.0. The zero-order valence-electron chi connectivity index (χ0n) is 15.0. The molecule has 0 aliphatic heterocycles. The van der Waals surface area contributed by atoms with Gasteiger partial charge in [0.2, 0.25) is 5.89 Å². The monoisotopic (exact) mass is 389 g/mol. The van der Waals surface area contributed by atoms with Crippen molar-refractivity contribution in [2.75, 3.05) is 11.9 Å². The molecule has 0 bridgehead atoms. The van der Waals surface area contributed by atoms with Crippen LogP contribution in [0.4, 0.5) is 23.7 Å². The summed E-state index contributed by atoms with van der Waals surface area (Å²) < 4.78 is 43.5. The predicted octanol–water partition coefficient (Wildman–Crippen LogP) is 5.03. The molecule has 0 saturated carbocycles. The number of hydrogen-bond acceptors (Lipinski definition) is 3. The first kappa shape index (κ1) is 19.5. The standard InChI is InChI=1S/C20H18F3N3O2/c1-13-5-7-14(8-6-13)18-25-17(12-28-18)9-10-24-19(27)26-16-4-2-3-15(11-16)20(21,22)23/h2-8,11-12H,9-10H2,1H3,(H2,24,26,27). The molecule has 1 heterocycles. The van der Waals surface area contributed by atoms with Crippen LogP contribution in [-0.2, 0) is 12.6 Å². The van der Waals surface area contributed by atoms with E-state index < -0.39 is 17.8 Å². The van der Waals surface area contributed by atoms with Gasteiger partial charge >= 0.3 is 12.2 Å². The number of nitrogens with zero attached hydrogens (tertiary/aromatic N) is 1. The van der Waals surface area contributed by atoms with Gasteiger partial charge in [-0.15, -0.1) is 0 Å². The molecular weight excluding hydrogens is 371 g/mol. The second-order valence-corrected chi connectivity index (χ2v) is 6.22. The number of aromatic nitrogens is 1. The van der Waals surface area contributed by atoms with Crippen LogP contribution in [0.1, 0.15) is 16.8 Å². The van der Waals surface area contributed by atoms with Crippen molar-refractivity contribution >= 4 is 11.7 Å². The van der Waals surface area contributed by atoms with Crippen molar-refractivity contribution in [3.05, 3.63) is 71.6 Å². The van der Waals surface area contributed by atoms with Gasteiger partial charge in [-0.25, -0.2) is 9.78 Å². The number of oxazole rings is 1. The number of alkyl halides is 3. The first-order valence-corrected chi connectivity index (χ1v) is 8.55. The second kappa shape index (κ2) is 8.16. The fourth-order valence-corrected chi connectivity index (χ4v) is 2.50. The van der Waals surface area contributed by atoms with Crippen LogP contribution < -0.4 is 10.6 Å². The predicted molar refractivity (Wildman–Crippen MR) is 98.8 cm³/mol. The SMILES string of the molecule is Cc1ccc(-c2nc(CCNC(=O)Nc3cccc(C(F)(F)F)c3)co2)cc1. The van der Waals surface area contributed by atoms with Gasteiger partial charge in [0.1, 0.15) is 6.26 Å². The Morgan fingerprint density at radius 2 is 1.89 bits per heavy atom. The van der Waals surface area contributed by atoms with Crippen LogP contribution in [0.5, 0.6) is 0 Å². The number of nitrogens with one attached hydrogen (secondary N) is 2. The lowest BCUT2D eigenvalue weighted by molar-refractivity contribution is -0.137. The first-order valence-electron chi connectivity index (χ1n) is 8.55. The van der Waals surface area contributed by atoms with E-state index in [1.807, 2.05) is 31.2 Å². The van der Waals surface area contributed by atoms with Crippen molar-refractivity contribution in [3.8, 4) is 11.5 Å². The normalized spacial score (nSPS) is 11.3. The summed E-state index contributed by atoms with van der Waals surface area (Å²) in [6.45, 7) is 2.24. The van der Waals surface area contributed by atoms with Gasteiger partial charge in [-0.05, 0) is 37.3 Å². The highest BCUT2D eigenvalue weighted by molar-refractivity contribution is 5.89. The summed E-state index contributed by atoms with van der Waals surface area (Å²) in [5.41, 5.74) is 1.89. The summed E-state index contributed by atoms with van der Waals surface area (Å²) in [5.74, 6) is 0.489. The number of halogens is 3. The lowest BCUT2D eigenvalue weighted by atomic mass is 10.1. The summed E-state index contributed by atoms with van der Waals surface area (Å²) >= 11 is 0. The van der Waals surface area contributed by atoms with Gasteiger partial charge in [-0.1, -0.05) is 23.8 Å². The maximum Gasteiger partial charge on any atom is 0.416 e. The van der Waals surface area contributed by atoms with Crippen molar-refractivity contribution in [1.82, 2.24) is 10.3 Å². The Balaban J connectivity index is 1.50. The van der Waals surface area contributed by atoms with E-state index in [1.165, 1.54) is 18.4 Å². The summed E-state index contributed by atoms with van der Waals surface area (Å²) in [6, 6.07) is 11.6. The number of aryl methyl sites for hydroxylation is 1. The molecule has 2 N–H and O–H groups in total. The summed E-state index contributed by atoms with van der Waals surface area (Å²) in [6.07, 6.45) is -2.52. The average molecular weight is 389 g/mol. The van der Waals surface area contributed by atoms with Crippen LogP contribution in [0, 0.1) is 6.92 Å². The van der Waals surface area contributed by atoms with Crippen molar-refractivity contribution in [1.29, 1.82) is 0 Å². The highest BCUT2D eigenvalue weighted by Gasteiger charge is 2.30. The summed E-state index contributed by atoms with van der Waals surface area (Å²) in [5, 5.41) is 4.96. The van der Waals surface area contributed by atoms with Crippen molar-refractivity contribution in [2.45, 2.75) is 19.5 Å². The number of carbonyl (C=O) groups excluding carboxylic acids is 1. The van der Waals surface area contributed by atoms with Crippen LogP contribution in [0.3, 0.4) is 0 Å². The maximum absolute atomic E-state index is 12.7. The molecule has 0 unspecified atom stereocenters. The third-order valence-corrected chi connectivity index (χ3v) is 3.96. The van der Waals surface area contributed by atoms with Crippen LogP contribution in [0.25, 0.3) is 11.5 Å². The molecule has 0 saturated heterocycles. The first-order chi connectivity index (χ1) is 13.3. The van der Waals surface area contributed by atoms with Crippen LogP contribution in [0.2, 0.25) is 0 Å². The van der Waals surface area contributed by atoms with E-state index in [1.54, 1.807) is 0 Å². The molecule has 5 nitrogen and oxygen atoms in total. The Kier molecular flexibility index (Phi) is 5.67. The fraction of sp³-hybridized carbons (Fsp3) is 0.200. The summed E-state index contributed by atoms with van der Waals surface area (Å²) in [4.78, 5) is 16.2. The van der Waals surface area contributed by atoms with Gasteiger partial charge in [0.05, 0.1) is 11.3 Å². The topological polar surface area (TPSA) is 67.2 Å². The Bertz CT molecular complexity index is 950. The molecule has 2 amide bonds. The highest BCUT2D eigenvalue weighted by atomic mass is 19.4. The number of urea groups is 1. The van der Waals surface area contributed by atoms with E-state index in [4.69, 9.17) is 4.42 Å². The molecule has 0 aliphatic rings. The summed E-state index contributed by atoms with van der Waals surface area (Å²) in [7, 11) is 0. The number of anilines is 1. The molecule has 28 heavy (non-hydrogen) atoms. The minimum atomic E-state index is -4.46. The van der Waals surface area contributed by atoms with Crippen molar-refractivity contribution in [3.63, 3.8) is 0 Å². The van der Waals surface area contributed by atoms with Gasteiger partial charge in [-0.2, -0.15) is 13.2 Å². The number of rotatable bonds is 5. The Hall–Kier alpha value is -3.29. The van der Waals surface area contributed by atoms with E-state index in [0.717, 1.165) is 23.3 Å². The molecule has 0 atom stereocenters. The lowest BCUT2D eigenvalue weighted by Gasteiger charge is -2.10. The molecule has 1 aromatic heterocycles. The zero-order chi connectivity index (χ0) is 20.1. The molecule has 8 heteroatoms. The number of carbonyl (C=O) groups is 1. The van der Waals surface area contributed by atoms with E-state index in [-0.39, 0.29) is 12.2 Å². The molecule has 3 rings (SSSR count). The number of benzene rings is 2. The quantitative estimate of drug-likeness (QED) is 0.643. The van der Waals surface area contributed by atoms with Gasteiger partial charge < -0.3 is 15.1 Å². The van der Waals surface area contributed by atoms with Gasteiger partial charge in [-0.3, -0.25) is 0 Å². The number of amides is 2. The molecule has 0 aliphatic carbocycles.